The van der Waals surface area contributed by atoms with E-state index in [9.17, 15) is 13.2 Å². The summed E-state index contributed by atoms with van der Waals surface area (Å²) < 4.78 is 51.2. The van der Waals surface area contributed by atoms with Gasteiger partial charge in [-0.1, -0.05) is 6.07 Å². The molecule has 156 valence electrons. The molecule has 0 unspecified atom stereocenters. The molecule has 2 rings (SSSR count). The molecule has 0 aliphatic carbocycles. The van der Waals surface area contributed by atoms with Gasteiger partial charge < -0.3 is 23.1 Å². The maximum Gasteiger partial charge on any atom is 0.340 e. The standard InChI is InChI=1S/C19H19BrO8S/c1-24-15-9-12(6-8-19(21)27-4)5-7-14(15)28-29(22,23)18-11-17(26-3)16(25-2)10-13(18)20/h5-11H,1-4H3/b8-6+. The molecule has 0 saturated heterocycles. The van der Waals surface area contributed by atoms with Gasteiger partial charge in [-0.05, 0) is 45.8 Å². The highest BCUT2D eigenvalue weighted by Crippen LogP contribution is 2.38. The number of ether oxygens (including phenoxy) is 4. The minimum absolute atomic E-state index is 0.0237. The van der Waals surface area contributed by atoms with Crippen LogP contribution in [0.5, 0.6) is 23.0 Å². The summed E-state index contributed by atoms with van der Waals surface area (Å²) >= 11 is 3.21. The van der Waals surface area contributed by atoms with Crippen LogP contribution in [0.15, 0.2) is 45.8 Å². The van der Waals surface area contributed by atoms with Crippen LogP contribution in [0.2, 0.25) is 0 Å². The zero-order valence-corrected chi connectivity index (χ0v) is 18.5. The number of carbonyl (C=O) groups excluding carboxylic acids is 1. The molecule has 0 saturated carbocycles. The molecule has 8 nitrogen and oxygen atoms in total. The Morgan fingerprint density at radius 3 is 2.07 bits per heavy atom. The van der Waals surface area contributed by atoms with Crippen LogP contribution < -0.4 is 18.4 Å². The van der Waals surface area contributed by atoms with E-state index in [4.69, 9.17) is 18.4 Å². The van der Waals surface area contributed by atoms with Crippen LogP contribution in [0, 0.1) is 0 Å². The first-order valence-corrected chi connectivity index (χ1v) is 10.3. The zero-order valence-electron chi connectivity index (χ0n) is 16.1. The molecule has 0 aliphatic heterocycles. The fraction of sp³-hybridized carbons (Fsp3) is 0.211. The van der Waals surface area contributed by atoms with Gasteiger partial charge in [-0.2, -0.15) is 8.42 Å². The van der Waals surface area contributed by atoms with Gasteiger partial charge >= 0.3 is 16.1 Å². The predicted molar refractivity (Wildman–Crippen MR) is 109 cm³/mol. The first-order chi connectivity index (χ1) is 13.7. The van der Waals surface area contributed by atoms with Crippen molar-refractivity contribution in [1.29, 1.82) is 0 Å². The fourth-order valence-electron chi connectivity index (χ4n) is 2.28. The molecular formula is C19H19BrO8S. The molecule has 0 fully saturated rings. The molecule has 2 aromatic carbocycles. The van der Waals surface area contributed by atoms with Crippen LogP contribution >= 0.6 is 15.9 Å². The van der Waals surface area contributed by atoms with Crippen molar-refractivity contribution in [2.75, 3.05) is 28.4 Å². The largest absolute Gasteiger partial charge is 0.493 e. The Morgan fingerprint density at radius 2 is 1.48 bits per heavy atom. The van der Waals surface area contributed by atoms with Gasteiger partial charge in [0.1, 0.15) is 4.90 Å². The molecule has 0 amide bonds. The minimum atomic E-state index is -4.23. The lowest BCUT2D eigenvalue weighted by molar-refractivity contribution is -0.134. The molecule has 0 aliphatic rings. The van der Waals surface area contributed by atoms with E-state index in [2.05, 4.69) is 20.7 Å². The third kappa shape index (κ3) is 5.42. The van der Waals surface area contributed by atoms with Crippen molar-refractivity contribution < 1.29 is 36.3 Å². The van der Waals surface area contributed by atoms with Gasteiger partial charge in [0, 0.05) is 16.6 Å². The van der Waals surface area contributed by atoms with E-state index in [-0.39, 0.29) is 26.6 Å². The molecule has 0 bridgehead atoms. The van der Waals surface area contributed by atoms with E-state index in [1.165, 1.54) is 64.9 Å². The van der Waals surface area contributed by atoms with E-state index in [1.54, 1.807) is 6.07 Å². The van der Waals surface area contributed by atoms with Crippen LogP contribution in [0.4, 0.5) is 0 Å². The van der Waals surface area contributed by atoms with Crippen LogP contribution in [0.25, 0.3) is 6.08 Å². The molecule has 0 N–H and O–H groups in total. The Morgan fingerprint density at radius 1 is 0.897 bits per heavy atom. The van der Waals surface area contributed by atoms with Gasteiger partial charge in [0.25, 0.3) is 0 Å². The number of carbonyl (C=O) groups is 1. The Balaban J connectivity index is 2.40. The van der Waals surface area contributed by atoms with Crippen molar-refractivity contribution in [2.45, 2.75) is 4.90 Å². The molecule has 0 atom stereocenters. The maximum atomic E-state index is 12.8. The average Bonchev–Trinajstić information content (AvgIpc) is 2.71. The first-order valence-electron chi connectivity index (χ1n) is 8.05. The second-order valence-corrected chi connectivity index (χ2v) is 7.81. The Labute approximate surface area is 177 Å². The number of rotatable bonds is 8. The molecule has 29 heavy (non-hydrogen) atoms. The summed E-state index contributed by atoms with van der Waals surface area (Å²) in [7, 11) is 1.24. The number of benzene rings is 2. The topological polar surface area (TPSA) is 97.4 Å². The van der Waals surface area contributed by atoms with Crippen molar-refractivity contribution in [3.8, 4) is 23.0 Å². The highest BCUT2D eigenvalue weighted by Gasteiger charge is 2.25. The summed E-state index contributed by atoms with van der Waals surface area (Å²) in [5.41, 5.74) is 0.587. The molecule has 2 aromatic rings. The summed E-state index contributed by atoms with van der Waals surface area (Å²) in [6, 6.07) is 7.26. The maximum absolute atomic E-state index is 12.8. The molecule has 0 aromatic heterocycles. The molecule has 0 spiro atoms. The number of hydrogen-bond acceptors (Lipinski definition) is 8. The first kappa shape index (κ1) is 22.6. The summed E-state index contributed by atoms with van der Waals surface area (Å²) in [6.45, 7) is 0. The fourth-order valence-corrected chi connectivity index (χ4v) is 4.21. The van der Waals surface area contributed by atoms with Crippen molar-refractivity contribution >= 4 is 38.1 Å². The molecule has 0 radical (unpaired) electrons. The minimum Gasteiger partial charge on any atom is -0.493 e. The molecule has 10 heteroatoms. The third-order valence-electron chi connectivity index (χ3n) is 3.71. The van der Waals surface area contributed by atoms with Crippen molar-refractivity contribution in [3.63, 3.8) is 0 Å². The average molecular weight is 487 g/mol. The van der Waals surface area contributed by atoms with E-state index in [0.29, 0.717) is 11.3 Å². The number of esters is 1. The summed E-state index contributed by atoms with van der Waals surface area (Å²) in [6.07, 6.45) is 2.73. The lowest BCUT2D eigenvalue weighted by atomic mass is 10.2. The number of halogens is 1. The monoisotopic (exact) mass is 486 g/mol. The summed E-state index contributed by atoms with van der Waals surface area (Å²) in [5.74, 6) is 0.206. The Kier molecular flexibility index (Phi) is 7.52. The summed E-state index contributed by atoms with van der Waals surface area (Å²) in [5, 5.41) is 0. The van der Waals surface area contributed by atoms with Gasteiger partial charge in [0.05, 0.1) is 28.4 Å². The van der Waals surface area contributed by atoms with Crippen LogP contribution in [-0.2, 0) is 19.6 Å². The lowest BCUT2D eigenvalue weighted by Gasteiger charge is -2.14. The van der Waals surface area contributed by atoms with Crippen molar-refractivity contribution in [3.05, 3.63) is 46.4 Å². The SMILES string of the molecule is COC(=O)/C=C/c1ccc(OS(=O)(=O)c2cc(OC)c(OC)cc2Br)c(OC)c1. The van der Waals surface area contributed by atoms with Crippen molar-refractivity contribution in [2.24, 2.45) is 0 Å². The predicted octanol–water partition coefficient (Wildman–Crippen LogP) is 3.43. The third-order valence-corrected chi connectivity index (χ3v) is 5.90. The van der Waals surface area contributed by atoms with E-state index < -0.39 is 16.1 Å². The Bertz CT molecular complexity index is 1030. The van der Waals surface area contributed by atoms with Gasteiger partial charge in [-0.3, -0.25) is 0 Å². The molecule has 0 heterocycles. The van der Waals surface area contributed by atoms with E-state index in [0.717, 1.165) is 0 Å². The lowest BCUT2D eigenvalue weighted by Crippen LogP contribution is -2.11. The van der Waals surface area contributed by atoms with E-state index in [1.807, 2.05) is 0 Å². The second kappa shape index (κ2) is 9.66. The van der Waals surface area contributed by atoms with Crippen LogP contribution in [0.1, 0.15) is 5.56 Å². The Hall–Kier alpha value is -2.72. The smallest absolute Gasteiger partial charge is 0.340 e. The van der Waals surface area contributed by atoms with Crippen LogP contribution in [-0.4, -0.2) is 42.8 Å². The van der Waals surface area contributed by atoms with Crippen molar-refractivity contribution in [1.82, 2.24) is 0 Å². The van der Waals surface area contributed by atoms with Gasteiger partial charge in [0.15, 0.2) is 23.0 Å². The highest BCUT2D eigenvalue weighted by atomic mass is 79.9. The zero-order chi connectivity index (χ0) is 21.6. The van der Waals surface area contributed by atoms with Crippen LogP contribution in [0.3, 0.4) is 0 Å². The van der Waals surface area contributed by atoms with Gasteiger partial charge in [0.2, 0.25) is 0 Å². The van der Waals surface area contributed by atoms with Gasteiger partial charge in [-0.25, -0.2) is 4.79 Å². The second-order valence-electron chi connectivity index (χ2n) is 5.44. The quantitative estimate of drug-likeness (QED) is 0.318. The highest BCUT2D eigenvalue weighted by molar-refractivity contribution is 9.10. The van der Waals surface area contributed by atoms with E-state index >= 15 is 0 Å². The molecular weight excluding hydrogens is 468 g/mol. The van der Waals surface area contributed by atoms with Gasteiger partial charge in [-0.15, -0.1) is 0 Å². The normalized spacial score (nSPS) is 11.2. The number of hydrogen-bond donors (Lipinski definition) is 0. The summed E-state index contributed by atoms with van der Waals surface area (Å²) in [4.78, 5) is 11.1. The number of methoxy groups -OCH3 is 4.